The van der Waals surface area contributed by atoms with E-state index in [1.54, 1.807) is 56.3 Å². The average Bonchev–Trinajstić information content (AvgIpc) is 2.90. The Labute approximate surface area is 237 Å². The summed E-state index contributed by atoms with van der Waals surface area (Å²) in [6.07, 6.45) is 0. The van der Waals surface area contributed by atoms with Crippen LogP contribution in [0.15, 0.2) is 71.6 Å². The van der Waals surface area contributed by atoms with Gasteiger partial charge in [-0.15, -0.1) is 0 Å². The third-order valence-electron chi connectivity index (χ3n) is 6.66. The Morgan fingerprint density at radius 3 is 2.12 bits per heavy atom. The minimum absolute atomic E-state index is 0.0363. The number of carbonyl (C=O) groups excluding carboxylic acids is 2. The number of hydrogen-bond donors (Lipinski definition) is 1. The lowest BCUT2D eigenvalue weighted by Crippen LogP contribution is -2.51. The number of nitrogens with one attached hydrogen (secondary N) is 1. The number of sulfonamides is 1. The second-order valence-corrected chi connectivity index (χ2v) is 12.4. The summed E-state index contributed by atoms with van der Waals surface area (Å²) in [6.45, 7) is 10.6. The lowest BCUT2D eigenvalue weighted by atomic mass is 10.1. The van der Waals surface area contributed by atoms with Gasteiger partial charge in [-0.2, -0.15) is 0 Å². The molecule has 7 nitrogen and oxygen atoms in total. The normalized spacial score (nSPS) is 12.2. The van der Waals surface area contributed by atoms with Gasteiger partial charge in [0.2, 0.25) is 11.8 Å². The number of rotatable bonds is 11. The highest BCUT2D eigenvalue weighted by Gasteiger charge is 2.33. The van der Waals surface area contributed by atoms with Crippen molar-refractivity contribution < 1.29 is 22.4 Å². The van der Waals surface area contributed by atoms with E-state index in [1.807, 2.05) is 33.8 Å². The molecule has 9 heteroatoms. The number of aryl methyl sites for hydroxylation is 3. The standard InChI is InChI=1S/C31H38FN3O4S/c1-21(2)18-33-31(37)25(6)34(19-26-9-7-8-10-28(26)32)30(36)20-35(29-16-13-23(4)17-24(29)5)40(38,39)27-14-11-22(3)12-15-27/h7-17,21,25H,18-20H2,1-6H3,(H,33,37). The quantitative estimate of drug-likeness (QED) is 0.348. The summed E-state index contributed by atoms with van der Waals surface area (Å²) in [5, 5.41) is 2.82. The van der Waals surface area contributed by atoms with Crippen LogP contribution in [0, 0.1) is 32.5 Å². The molecule has 0 fully saturated rings. The maximum absolute atomic E-state index is 14.6. The zero-order chi connectivity index (χ0) is 29.6. The topological polar surface area (TPSA) is 86.8 Å². The van der Waals surface area contributed by atoms with Gasteiger partial charge in [0.05, 0.1) is 10.6 Å². The van der Waals surface area contributed by atoms with Crippen LogP contribution in [0.4, 0.5) is 10.1 Å². The van der Waals surface area contributed by atoms with Gasteiger partial charge >= 0.3 is 0 Å². The van der Waals surface area contributed by atoms with E-state index in [1.165, 1.54) is 23.1 Å². The fourth-order valence-electron chi connectivity index (χ4n) is 4.28. The fourth-order valence-corrected chi connectivity index (χ4v) is 5.76. The Kier molecular flexibility index (Phi) is 10.1. The predicted molar refractivity (Wildman–Crippen MR) is 156 cm³/mol. The van der Waals surface area contributed by atoms with Gasteiger partial charge in [-0.25, -0.2) is 12.8 Å². The summed E-state index contributed by atoms with van der Waals surface area (Å²) < 4.78 is 43.6. The Bertz CT molecular complexity index is 1460. The molecule has 3 rings (SSSR count). The molecule has 0 aliphatic rings. The summed E-state index contributed by atoms with van der Waals surface area (Å²) in [4.78, 5) is 28.3. The van der Waals surface area contributed by atoms with E-state index in [9.17, 15) is 22.4 Å². The SMILES string of the molecule is Cc1ccc(S(=O)(=O)N(CC(=O)N(Cc2ccccc2F)C(C)C(=O)NCC(C)C)c2ccc(C)cc2C)cc1. The minimum Gasteiger partial charge on any atom is -0.354 e. The Morgan fingerprint density at radius 2 is 1.52 bits per heavy atom. The number of halogens is 1. The molecule has 0 aliphatic carbocycles. The largest absolute Gasteiger partial charge is 0.354 e. The van der Waals surface area contributed by atoms with Gasteiger partial charge in [-0.3, -0.25) is 13.9 Å². The molecule has 0 heterocycles. The Hall–Kier alpha value is -3.72. The Morgan fingerprint density at radius 1 is 0.900 bits per heavy atom. The molecule has 0 bridgehead atoms. The number of anilines is 1. The molecule has 1 atom stereocenters. The zero-order valence-corrected chi connectivity index (χ0v) is 24.8. The van der Waals surface area contributed by atoms with E-state index in [0.717, 1.165) is 15.4 Å². The molecule has 0 spiro atoms. The first-order chi connectivity index (χ1) is 18.8. The smallest absolute Gasteiger partial charge is 0.264 e. The maximum Gasteiger partial charge on any atom is 0.264 e. The van der Waals surface area contributed by atoms with Crippen LogP contribution in [0.1, 0.15) is 43.0 Å². The van der Waals surface area contributed by atoms with Gasteiger partial charge in [0.1, 0.15) is 18.4 Å². The number of nitrogens with zero attached hydrogens (tertiary/aromatic N) is 2. The molecule has 3 aromatic carbocycles. The lowest BCUT2D eigenvalue weighted by molar-refractivity contribution is -0.139. The van der Waals surface area contributed by atoms with E-state index >= 15 is 0 Å². The molecule has 40 heavy (non-hydrogen) atoms. The van der Waals surface area contributed by atoms with Crippen molar-refractivity contribution in [2.45, 2.75) is 59.0 Å². The molecule has 2 amide bonds. The monoisotopic (exact) mass is 567 g/mol. The van der Waals surface area contributed by atoms with Crippen LogP contribution in [0.5, 0.6) is 0 Å². The van der Waals surface area contributed by atoms with Gasteiger partial charge in [-0.1, -0.05) is 67.4 Å². The van der Waals surface area contributed by atoms with Gasteiger partial charge in [0, 0.05) is 18.7 Å². The second kappa shape index (κ2) is 13.1. The first-order valence-corrected chi connectivity index (χ1v) is 14.7. The van der Waals surface area contributed by atoms with Gasteiger partial charge in [0.15, 0.2) is 0 Å². The van der Waals surface area contributed by atoms with E-state index in [-0.39, 0.29) is 22.9 Å². The lowest BCUT2D eigenvalue weighted by Gasteiger charge is -2.32. The molecule has 0 aliphatic heterocycles. The molecule has 1 unspecified atom stereocenters. The van der Waals surface area contributed by atoms with Crippen molar-refractivity contribution in [2.75, 3.05) is 17.4 Å². The fraction of sp³-hybridized carbons (Fsp3) is 0.355. The number of carbonyl (C=O) groups is 2. The molecule has 214 valence electrons. The van der Waals surface area contributed by atoms with Crippen LogP contribution < -0.4 is 9.62 Å². The van der Waals surface area contributed by atoms with Crippen molar-refractivity contribution in [2.24, 2.45) is 5.92 Å². The van der Waals surface area contributed by atoms with Crippen LogP contribution in [0.3, 0.4) is 0 Å². The second-order valence-electron chi connectivity index (χ2n) is 10.5. The van der Waals surface area contributed by atoms with E-state index < -0.39 is 40.2 Å². The minimum atomic E-state index is -4.17. The van der Waals surface area contributed by atoms with Crippen molar-refractivity contribution in [3.05, 3.63) is 94.8 Å². The van der Waals surface area contributed by atoms with Crippen molar-refractivity contribution in [3.63, 3.8) is 0 Å². The first kappa shape index (κ1) is 30.8. The highest BCUT2D eigenvalue weighted by atomic mass is 32.2. The first-order valence-electron chi connectivity index (χ1n) is 13.3. The van der Waals surface area contributed by atoms with Crippen molar-refractivity contribution >= 4 is 27.5 Å². The van der Waals surface area contributed by atoms with Crippen molar-refractivity contribution in [1.82, 2.24) is 10.2 Å². The average molecular weight is 568 g/mol. The number of amides is 2. The summed E-state index contributed by atoms with van der Waals surface area (Å²) in [7, 11) is -4.17. The highest BCUT2D eigenvalue weighted by Crippen LogP contribution is 2.28. The summed E-state index contributed by atoms with van der Waals surface area (Å²) >= 11 is 0. The van der Waals surface area contributed by atoms with E-state index in [0.29, 0.717) is 17.8 Å². The van der Waals surface area contributed by atoms with Crippen LogP contribution in [-0.2, 0) is 26.2 Å². The van der Waals surface area contributed by atoms with Crippen LogP contribution in [-0.4, -0.2) is 44.3 Å². The van der Waals surface area contributed by atoms with E-state index in [4.69, 9.17) is 0 Å². The van der Waals surface area contributed by atoms with Crippen molar-refractivity contribution in [3.8, 4) is 0 Å². The van der Waals surface area contributed by atoms with Crippen LogP contribution in [0.25, 0.3) is 0 Å². The third-order valence-corrected chi connectivity index (χ3v) is 8.43. The maximum atomic E-state index is 14.6. The van der Waals surface area contributed by atoms with Gasteiger partial charge in [0.25, 0.3) is 10.0 Å². The molecular weight excluding hydrogens is 529 g/mol. The van der Waals surface area contributed by atoms with Crippen molar-refractivity contribution in [1.29, 1.82) is 0 Å². The molecule has 3 aromatic rings. The molecule has 0 aromatic heterocycles. The van der Waals surface area contributed by atoms with E-state index in [2.05, 4.69) is 5.32 Å². The summed E-state index contributed by atoms with van der Waals surface area (Å²) in [6, 6.07) is 16.7. The van der Waals surface area contributed by atoms with Gasteiger partial charge in [-0.05, 0) is 63.4 Å². The molecule has 0 saturated carbocycles. The molecule has 0 radical (unpaired) electrons. The summed E-state index contributed by atoms with van der Waals surface area (Å²) in [5.41, 5.74) is 3.08. The predicted octanol–water partition coefficient (Wildman–Crippen LogP) is 5.14. The Balaban J connectivity index is 2.06. The van der Waals surface area contributed by atoms with Crippen LogP contribution in [0.2, 0.25) is 0 Å². The number of benzene rings is 3. The highest BCUT2D eigenvalue weighted by molar-refractivity contribution is 7.92. The van der Waals surface area contributed by atoms with Gasteiger partial charge < -0.3 is 10.2 Å². The van der Waals surface area contributed by atoms with Crippen LogP contribution >= 0.6 is 0 Å². The molecule has 0 saturated heterocycles. The third kappa shape index (κ3) is 7.47. The summed E-state index contributed by atoms with van der Waals surface area (Å²) in [5.74, 6) is -1.37. The molecular formula is C31H38FN3O4S. The number of hydrogen-bond acceptors (Lipinski definition) is 4. The molecule has 1 N–H and O–H groups in total. The zero-order valence-electron chi connectivity index (χ0n) is 23.9.